The molecule has 0 spiro atoms. The second-order valence-corrected chi connectivity index (χ2v) is 5.77. The lowest BCUT2D eigenvalue weighted by Gasteiger charge is -2.27. The van der Waals surface area contributed by atoms with Crippen LogP contribution in [0.2, 0.25) is 0 Å². The summed E-state index contributed by atoms with van der Waals surface area (Å²) in [5.74, 6) is -0.116. The summed E-state index contributed by atoms with van der Waals surface area (Å²) in [6.07, 6.45) is 0.831. The summed E-state index contributed by atoms with van der Waals surface area (Å²) in [7, 11) is 0. The summed E-state index contributed by atoms with van der Waals surface area (Å²) in [6, 6.07) is 9.51. The maximum absolute atomic E-state index is 10.9. The van der Waals surface area contributed by atoms with Gasteiger partial charge in [-0.2, -0.15) is 0 Å². The Morgan fingerprint density at radius 3 is 2.75 bits per heavy atom. The summed E-state index contributed by atoms with van der Waals surface area (Å²) in [5.41, 5.74) is 3.49. The van der Waals surface area contributed by atoms with Crippen LogP contribution in [0.25, 0.3) is 11.3 Å². The van der Waals surface area contributed by atoms with Crippen molar-refractivity contribution in [3.63, 3.8) is 0 Å². The highest BCUT2D eigenvalue weighted by Crippen LogP contribution is 2.23. The number of aromatic nitrogens is 2. The van der Waals surface area contributed by atoms with E-state index >= 15 is 0 Å². The lowest BCUT2D eigenvalue weighted by Crippen LogP contribution is -2.37. The van der Waals surface area contributed by atoms with Gasteiger partial charge in [-0.15, -0.1) is 0 Å². The van der Waals surface area contributed by atoms with Crippen molar-refractivity contribution in [2.45, 2.75) is 19.8 Å². The first kappa shape index (κ1) is 16.4. The van der Waals surface area contributed by atoms with Crippen molar-refractivity contribution in [2.24, 2.45) is 0 Å². The number of ether oxygens (including phenoxy) is 1. The highest BCUT2D eigenvalue weighted by molar-refractivity contribution is 5.71. The Labute approximate surface area is 141 Å². The van der Waals surface area contributed by atoms with Crippen molar-refractivity contribution in [3.05, 3.63) is 41.6 Å². The number of carbonyl (C=O) groups is 1. The standard InChI is InChI=1S/C18H21N3O3/c1-2-15-12-16(14-5-3-4-13(10-14)11-17(22)23)20-18(19-15)21-6-8-24-9-7-21/h3-5,10,12H,2,6-9,11H2,1H3,(H,22,23). The number of anilines is 1. The van der Waals surface area contributed by atoms with Crippen molar-refractivity contribution in [2.75, 3.05) is 31.2 Å². The van der Waals surface area contributed by atoms with E-state index in [4.69, 9.17) is 14.8 Å². The number of morpholine rings is 1. The first-order valence-corrected chi connectivity index (χ1v) is 8.17. The van der Waals surface area contributed by atoms with Gasteiger partial charge < -0.3 is 14.7 Å². The summed E-state index contributed by atoms with van der Waals surface area (Å²) < 4.78 is 5.39. The van der Waals surface area contributed by atoms with Crippen molar-refractivity contribution in [1.29, 1.82) is 0 Å². The Morgan fingerprint density at radius 2 is 2.04 bits per heavy atom. The molecule has 0 radical (unpaired) electrons. The molecule has 2 heterocycles. The zero-order chi connectivity index (χ0) is 16.9. The molecule has 0 unspecified atom stereocenters. The van der Waals surface area contributed by atoms with Crippen LogP contribution in [0.4, 0.5) is 5.95 Å². The number of aliphatic carboxylic acids is 1. The Morgan fingerprint density at radius 1 is 1.25 bits per heavy atom. The third-order valence-corrected chi connectivity index (χ3v) is 4.00. The first-order valence-electron chi connectivity index (χ1n) is 8.17. The lowest BCUT2D eigenvalue weighted by molar-refractivity contribution is -0.136. The average Bonchev–Trinajstić information content (AvgIpc) is 2.61. The highest BCUT2D eigenvalue weighted by atomic mass is 16.5. The zero-order valence-electron chi connectivity index (χ0n) is 13.7. The van der Waals surface area contributed by atoms with E-state index in [1.807, 2.05) is 30.3 Å². The molecule has 1 fully saturated rings. The molecule has 1 saturated heterocycles. The normalized spacial score (nSPS) is 14.6. The van der Waals surface area contributed by atoms with E-state index in [1.54, 1.807) is 0 Å². The van der Waals surface area contributed by atoms with E-state index in [9.17, 15) is 4.79 Å². The fourth-order valence-corrected chi connectivity index (χ4v) is 2.73. The Hall–Kier alpha value is -2.47. The van der Waals surface area contributed by atoms with Crippen LogP contribution in [-0.2, 0) is 22.4 Å². The Kier molecular flexibility index (Phi) is 5.05. The fourth-order valence-electron chi connectivity index (χ4n) is 2.73. The number of hydrogen-bond donors (Lipinski definition) is 1. The zero-order valence-corrected chi connectivity index (χ0v) is 13.7. The second-order valence-electron chi connectivity index (χ2n) is 5.77. The molecular weight excluding hydrogens is 306 g/mol. The molecule has 1 aliphatic heterocycles. The van der Waals surface area contributed by atoms with Crippen molar-refractivity contribution in [1.82, 2.24) is 9.97 Å². The molecule has 0 atom stereocenters. The summed E-state index contributed by atoms with van der Waals surface area (Å²) in [5, 5.41) is 8.98. The molecule has 1 aromatic heterocycles. The van der Waals surface area contributed by atoms with Crippen LogP contribution < -0.4 is 4.90 Å². The molecule has 2 aromatic rings. The van der Waals surface area contributed by atoms with Crippen molar-refractivity contribution < 1.29 is 14.6 Å². The van der Waals surface area contributed by atoms with Gasteiger partial charge in [0, 0.05) is 24.3 Å². The van der Waals surface area contributed by atoms with Crippen LogP contribution in [-0.4, -0.2) is 47.3 Å². The van der Waals surface area contributed by atoms with E-state index < -0.39 is 5.97 Å². The smallest absolute Gasteiger partial charge is 0.307 e. The van der Waals surface area contributed by atoms with Gasteiger partial charge in [-0.25, -0.2) is 9.97 Å². The molecule has 1 aliphatic rings. The number of aryl methyl sites for hydroxylation is 1. The molecular formula is C18H21N3O3. The van der Waals surface area contributed by atoms with Gasteiger partial charge in [0.05, 0.1) is 25.3 Å². The van der Waals surface area contributed by atoms with Crippen LogP contribution in [0.3, 0.4) is 0 Å². The molecule has 0 saturated carbocycles. The monoisotopic (exact) mass is 327 g/mol. The van der Waals surface area contributed by atoms with E-state index in [0.717, 1.165) is 48.0 Å². The van der Waals surface area contributed by atoms with E-state index in [-0.39, 0.29) is 6.42 Å². The van der Waals surface area contributed by atoms with E-state index in [2.05, 4.69) is 16.8 Å². The molecule has 1 aromatic carbocycles. The first-order chi connectivity index (χ1) is 11.7. The van der Waals surface area contributed by atoms with Gasteiger partial charge in [-0.1, -0.05) is 25.1 Å². The summed E-state index contributed by atoms with van der Waals surface area (Å²) in [4.78, 5) is 22.4. The average molecular weight is 327 g/mol. The van der Waals surface area contributed by atoms with Crippen LogP contribution in [0.1, 0.15) is 18.2 Å². The number of hydrogen-bond acceptors (Lipinski definition) is 5. The summed E-state index contributed by atoms with van der Waals surface area (Å²) >= 11 is 0. The van der Waals surface area contributed by atoms with Gasteiger partial charge in [0.25, 0.3) is 0 Å². The topological polar surface area (TPSA) is 75.5 Å². The third kappa shape index (κ3) is 3.89. The van der Waals surface area contributed by atoms with E-state index in [1.165, 1.54) is 0 Å². The highest BCUT2D eigenvalue weighted by Gasteiger charge is 2.16. The Bertz CT molecular complexity index is 727. The van der Waals surface area contributed by atoms with Crippen LogP contribution >= 0.6 is 0 Å². The lowest BCUT2D eigenvalue weighted by atomic mass is 10.0. The minimum atomic E-state index is -0.835. The Balaban J connectivity index is 1.96. The number of nitrogens with zero attached hydrogens (tertiary/aromatic N) is 3. The van der Waals surface area contributed by atoms with Crippen molar-refractivity contribution >= 4 is 11.9 Å². The molecule has 0 bridgehead atoms. The predicted octanol–water partition coefficient (Wildman–Crippen LogP) is 2.17. The number of carboxylic acids is 1. The fraction of sp³-hybridized carbons (Fsp3) is 0.389. The molecule has 6 nitrogen and oxygen atoms in total. The van der Waals surface area contributed by atoms with Gasteiger partial charge in [-0.05, 0) is 24.1 Å². The predicted molar refractivity (Wildman–Crippen MR) is 91.2 cm³/mol. The van der Waals surface area contributed by atoms with Gasteiger partial charge in [0.1, 0.15) is 0 Å². The SMILES string of the molecule is CCc1cc(-c2cccc(CC(=O)O)c2)nc(N2CCOCC2)n1. The number of carboxylic acid groups (broad SMARTS) is 1. The van der Waals surface area contributed by atoms with E-state index in [0.29, 0.717) is 13.2 Å². The molecule has 1 N–H and O–H groups in total. The van der Waals surface area contributed by atoms with Crippen molar-refractivity contribution in [3.8, 4) is 11.3 Å². The van der Waals surface area contributed by atoms with Gasteiger partial charge in [0.15, 0.2) is 0 Å². The minimum Gasteiger partial charge on any atom is -0.481 e. The molecule has 3 rings (SSSR count). The molecule has 0 aliphatic carbocycles. The largest absolute Gasteiger partial charge is 0.481 e. The molecule has 126 valence electrons. The number of rotatable bonds is 5. The molecule has 6 heteroatoms. The van der Waals surface area contributed by atoms with Gasteiger partial charge >= 0.3 is 5.97 Å². The minimum absolute atomic E-state index is 0.00980. The maximum Gasteiger partial charge on any atom is 0.307 e. The van der Waals surface area contributed by atoms with Gasteiger partial charge in [-0.3, -0.25) is 4.79 Å². The second kappa shape index (κ2) is 7.40. The van der Waals surface area contributed by atoms with Crippen LogP contribution in [0.5, 0.6) is 0 Å². The maximum atomic E-state index is 10.9. The quantitative estimate of drug-likeness (QED) is 0.907. The number of benzene rings is 1. The molecule has 24 heavy (non-hydrogen) atoms. The van der Waals surface area contributed by atoms with Gasteiger partial charge in [0.2, 0.25) is 5.95 Å². The summed E-state index contributed by atoms with van der Waals surface area (Å²) in [6.45, 7) is 5.00. The molecule has 0 amide bonds. The van der Waals surface area contributed by atoms with Crippen LogP contribution in [0, 0.1) is 0 Å². The van der Waals surface area contributed by atoms with Crippen LogP contribution in [0.15, 0.2) is 30.3 Å². The third-order valence-electron chi connectivity index (χ3n) is 4.00.